The van der Waals surface area contributed by atoms with Gasteiger partial charge in [0.1, 0.15) is 0 Å². The molecule has 0 amide bonds. The molecule has 1 unspecified atom stereocenters. The summed E-state index contributed by atoms with van der Waals surface area (Å²) in [5.74, 6) is 0. The van der Waals surface area contributed by atoms with Gasteiger partial charge in [0, 0.05) is 8.45 Å². The minimum absolute atomic E-state index is 0.240. The lowest BCUT2D eigenvalue weighted by Crippen LogP contribution is -2.23. The summed E-state index contributed by atoms with van der Waals surface area (Å²) in [6.45, 7) is 5.35. The van der Waals surface area contributed by atoms with E-state index in [0.717, 1.165) is 17.3 Å². The predicted molar refractivity (Wildman–Crippen MR) is 93.4 cm³/mol. The van der Waals surface area contributed by atoms with Crippen LogP contribution in [0.4, 0.5) is 0 Å². The maximum absolute atomic E-state index is 6.09. The van der Waals surface area contributed by atoms with Crippen LogP contribution in [0.3, 0.4) is 0 Å². The highest BCUT2D eigenvalue weighted by Gasteiger charge is 2.18. The summed E-state index contributed by atoms with van der Waals surface area (Å²) < 4.78 is 2.18. The minimum Gasteiger partial charge on any atom is -0.306 e. The lowest BCUT2D eigenvalue weighted by Gasteiger charge is -2.20. The van der Waals surface area contributed by atoms with E-state index >= 15 is 0 Å². The molecule has 0 aliphatic rings. The van der Waals surface area contributed by atoms with E-state index in [1.54, 1.807) is 11.3 Å². The molecule has 0 bridgehead atoms. The van der Waals surface area contributed by atoms with Gasteiger partial charge >= 0.3 is 0 Å². The summed E-state index contributed by atoms with van der Waals surface area (Å²) in [5.41, 5.74) is 2.66. The molecule has 0 aliphatic carbocycles. The summed E-state index contributed by atoms with van der Waals surface area (Å²) in [7, 11) is 0. The fourth-order valence-corrected chi connectivity index (χ4v) is 3.86. The van der Waals surface area contributed by atoms with Crippen molar-refractivity contribution in [2.75, 3.05) is 6.54 Å². The van der Waals surface area contributed by atoms with Gasteiger partial charge in [-0.2, -0.15) is 0 Å². The van der Waals surface area contributed by atoms with Crippen molar-refractivity contribution in [2.24, 2.45) is 0 Å². The van der Waals surface area contributed by atoms with Crippen LogP contribution < -0.4 is 5.32 Å². The smallest absolute Gasteiger partial charge is 0.0931 e. The first kappa shape index (κ1) is 15.3. The SMILES string of the molecule is CCCNC(c1ccc(Cl)s1)c1cccc(C)c1I. The number of hydrogen-bond donors (Lipinski definition) is 1. The molecule has 1 N–H and O–H groups in total. The molecular formula is C15H17ClINS. The largest absolute Gasteiger partial charge is 0.306 e. The average Bonchev–Trinajstić information content (AvgIpc) is 2.81. The Morgan fingerprint density at radius 3 is 2.74 bits per heavy atom. The number of aryl methyl sites for hydroxylation is 1. The zero-order valence-corrected chi connectivity index (χ0v) is 14.8. The zero-order valence-electron chi connectivity index (χ0n) is 11.0. The summed E-state index contributed by atoms with van der Waals surface area (Å²) in [5, 5.41) is 3.63. The maximum Gasteiger partial charge on any atom is 0.0931 e. The van der Waals surface area contributed by atoms with E-state index in [1.165, 1.54) is 19.6 Å². The van der Waals surface area contributed by atoms with Gasteiger partial charge in [-0.05, 0) is 65.7 Å². The van der Waals surface area contributed by atoms with Crippen LogP contribution in [0.5, 0.6) is 0 Å². The van der Waals surface area contributed by atoms with Crippen LogP contribution in [-0.2, 0) is 0 Å². The minimum atomic E-state index is 0.240. The fraction of sp³-hybridized carbons (Fsp3) is 0.333. The Labute approximate surface area is 137 Å². The molecule has 1 aromatic heterocycles. The molecule has 4 heteroatoms. The number of benzene rings is 1. The third-order valence-electron chi connectivity index (χ3n) is 3.01. The quantitative estimate of drug-likeness (QED) is 0.656. The van der Waals surface area contributed by atoms with E-state index in [1.807, 2.05) is 6.07 Å². The van der Waals surface area contributed by atoms with Gasteiger partial charge in [0.2, 0.25) is 0 Å². The van der Waals surface area contributed by atoms with Crippen molar-refractivity contribution >= 4 is 45.5 Å². The van der Waals surface area contributed by atoms with Crippen molar-refractivity contribution in [3.05, 3.63) is 54.2 Å². The molecule has 1 nitrogen and oxygen atoms in total. The second-order valence-corrected chi connectivity index (χ2v) is 7.33. The predicted octanol–water partition coefficient (Wildman–Crippen LogP) is 5.40. The zero-order chi connectivity index (χ0) is 13.8. The molecule has 0 aliphatic heterocycles. The van der Waals surface area contributed by atoms with Gasteiger partial charge in [-0.15, -0.1) is 11.3 Å². The van der Waals surface area contributed by atoms with Gasteiger partial charge < -0.3 is 5.32 Å². The van der Waals surface area contributed by atoms with Crippen molar-refractivity contribution in [1.29, 1.82) is 0 Å². The molecule has 0 spiro atoms. The summed E-state index contributed by atoms with van der Waals surface area (Å²) in [6, 6.07) is 10.8. The summed E-state index contributed by atoms with van der Waals surface area (Å²) in [4.78, 5) is 1.28. The Morgan fingerprint density at radius 2 is 2.11 bits per heavy atom. The number of halogens is 2. The Balaban J connectivity index is 2.39. The molecular weight excluding hydrogens is 389 g/mol. The van der Waals surface area contributed by atoms with Crippen molar-refractivity contribution in [3.8, 4) is 0 Å². The van der Waals surface area contributed by atoms with E-state index in [9.17, 15) is 0 Å². The van der Waals surface area contributed by atoms with Crippen LogP contribution >= 0.6 is 45.5 Å². The molecule has 0 saturated heterocycles. The van der Waals surface area contributed by atoms with Crippen LogP contribution in [0, 0.1) is 10.5 Å². The van der Waals surface area contributed by atoms with Crippen molar-refractivity contribution < 1.29 is 0 Å². The van der Waals surface area contributed by atoms with E-state index < -0.39 is 0 Å². The molecule has 102 valence electrons. The highest BCUT2D eigenvalue weighted by Crippen LogP contribution is 2.33. The molecule has 1 heterocycles. The second kappa shape index (κ2) is 7.07. The maximum atomic E-state index is 6.09. The first-order chi connectivity index (χ1) is 9.13. The third kappa shape index (κ3) is 3.72. The molecule has 0 fully saturated rings. The first-order valence-corrected chi connectivity index (χ1v) is 8.64. The van der Waals surface area contributed by atoms with Crippen molar-refractivity contribution in [1.82, 2.24) is 5.32 Å². The van der Waals surface area contributed by atoms with Crippen LogP contribution in [0.25, 0.3) is 0 Å². The highest BCUT2D eigenvalue weighted by atomic mass is 127. The van der Waals surface area contributed by atoms with Gasteiger partial charge in [0.15, 0.2) is 0 Å². The van der Waals surface area contributed by atoms with E-state index in [-0.39, 0.29) is 6.04 Å². The van der Waals surface area contributed by atoms with Gasteiger partial charge in [0.25, 0.3) is 0 Å². The molecule has 2 rings (SSSR count). The van der Waals surface area contributed by atoms with Gasteiger partial charge in [-0.3, -0.25) is 0 Å². The van der Waals surface area contributed by atoms with Crippen LogP contribution in [0.2, 0.25) is 4.34 Å². The summed E-state index contributed by atoms with van der Waals surface area (Å²) in [6.07, 6.45) is 1.12. The number of thiophene rings is 1. The molecule has 1 aromatic carbocycles. The van der Waals surface area contributed by atoms with Gasteiger partial charge in [0.05, 0.1) is 10.4 Å². The lowest BCUT2D eigenvalue weighted by molar-refractivity contribution is 0.603. The van der Waals surface area contributed by atoms with E-state index in [2.05, 4.69) is 66.0 Å². The Kier molecular flexibility index (Phi) is 5.69. The number of rotatable bonds is 5. The van der Waals surface area contributed by atoms with Crippen molar-refractivity contribution in [2.45, 2.75) is 26.3 Å². The van der Waals surface area contributed by atoms with Crippen molar-refractivity contribution in [3.63, 3.8) is 0 Å². The monoisotopic (exact) mass is 405 g/mol. The molecule has 1 atom stereocenters. The van der Waals surface area contributed by atoms with E-state index in [4.69, 9.17) is 11.6 Å². The number of nitrogens with one attached hydrogen (secondary N) is 1. The van der Waals surface area contributed by atoms with Crippen LogP contribution in [-0.4, -0.2) is 6.54 Å². The standard InChI is InChI=1S/C15H17ClINS/c1-3-9-18-15(12-7-8-13(16)19-12)11-6-4-5-10(2)14(11)17/h4-8,15,18H,3,9H2,1-2H3. The molecule has 0 radical (unpaired) electrons. The Hall–Kier alpha value is -0.100. The second-order valence-electron chi connectivity index (χ2n) is 4.51. The normalized spacial score (nSPS) is 12.6. The molecule has 2 aromatic rings. The summed E-state index contributed by atoms with van der Waals surface area (Å²) >= 11 is 10.2. The lowest BCUT2D eigenvalue weighted by atomic mass is 10.0. The first-order valence-electron chi connectivity index (χ1n) is 6.37. The third-order valence-corrected chi connectivity index (χ3v) is 5.78. The fourth-order valence-electron chi connectivity index (χ4n) is 2.03. The van der Waals surface area contributed by atoms with Crippen LogP contribution in [0.1, 0.15) is 35.4 Å². The van der Waals surface area contributed by atoms with Crippen LogP contribution in [0.15, 0.2) is 30.3 Å². The average molecular weight is 406 g/mol. The van der Waals surface area contributed by atoms with E-state index in [0.29, 0.717) is 0 Å². The highest BCUT2D eigenvalue weighted by molar-refractivity contribution is 14.1. The number of hydrogen-bond acceptors (Lipinski definition) is 2. The molecule has 0 saturated carbocycles. The van der Waals surface area contributed by atoms with Gasteiger partial charge in [-0.25, -0.2) is 0 Å². The Bertz CT molecular complexity index is 553. The Morgan fingerprint density at radius 1 is 1.32 bits per heavy atom. The molecule has 19 heavy (non-hydrogen) atoms. The topological polar surface area (TPSA) is 12.0 Å². The van der Waals surface area contributed by atoms with Gasteiger partial charge in [-0.1, -0.05) is 36.7 Å².